The molecule has 0 bridgehead atoms. The topological polar surface area (TPSA) is 54.3 Å². The van der Waals surface area contributed by atoms with Crippen LogP contribution in [0, 0.1) is 6.92 Å². The number of benzene rings is 1. The number of carbonyl (C=O) groups excluding carboxylic acids is 1. The number of aryl methyl sites for hydroxylation is 1. The SMILES string of the molecule is Cc1nn(Cc2ccccc2Cl)c2sc(C(=O)N3CCN(Cc4ccccn4)CC3)cc12. The smallest absolute Gasteiger partial charge is 0.264 e. The van der Waals surface area contributed by atoms with Crippen LogP contribution in [0.1, 0.15) is 26.6 Å². The lowest BCUT2D eigenvalue weighted by molar-refractivity contribution is 0.0632. The van der Waals surface area contributed by atoms with E-state index in [0.717, 1.165) is 69.8 Å². The Morgan fingerprint density at radius 3 is 2.59 bits per heavy atom. The van der Waals surface area contributed by atoms with Crippen molar-refractivity contribution < 1.29 is 4.79 Å². The summed E-state index contributed by atoms with van der Waals surface area (Å²) in [5.41, 5.74) is 3.02. The van der Waals surface area contributed by atoms with Crippen LogP contribution in [0.3, 0.4) is 0 Å². The lowest BCUT2D eigenvalue weighted by Gasteiger charge is -2.34. The molecule has 1 aliphatic rings. The number of aromatic nitrogens is 3. The van der Waals surface area contributed by atoms with Crippen molar-refractivity contribution >= 4 is 39.1 Å². The van der Waals surface area contributed by atoms with Gasteiger partial charge in [0.2, 0.25) is 0 Å². The molecular formula is C24H24ClN5OS. The zero-order chi connectivity index (χ0) is 22.1. The van der Waals surface area contributed by atoms with Gasteiger partial charge in [-0.1, -0.05) is 35.9 Å². The fourth-order valence-electron chi connectivity index (χ4n) is 4.10. The van der Waals surface area contributed by atoms with Crippen LogP contribution in [0.4, 0.5) is 0 Å². The fourth-order valence-corrected chi connectivity index (χ4v) is 5.42. The van der Waals surface area contributed by atoms with E-state index in [1.807, 2.05) is 71.2 Å². The number of fused-ring (bicyclic) bond motifs is 1. The number of nitrogens with zero attached hydrogens (tertiary/aromatic N) is 5. The second-order valence-corrected chi connectivity index (χ2v) is 9.49. The van der Waals surface area contributed by atoms with Gasteiger partial charge in [-0.3, -0.25) is 19.4 Å². The van der Waals surface area contributed by atoms with Crippen molar-refractivity contribution in [3.63, 3.8) is 0 Å². The Balaban J connectivity index is 1.29. The quantitative estimate of drug-likeness (QED) is 0.436. The van der Waals surface area contributed by atoms with Crippen LogP contribution in [0.2, 0.25) is 5.02 Å². The molecule has 6 nitrogen and oxygen atoms in total. The highest BCUT2D eigenvalue weighted by atomic mass is 35.5. The average molecular weight is 466 g/mol. The van der Waals surface area contributed by atoms with Gasteiger partial charge in [0.25, 0.3) is 5.91 Å². The average Bonchev–Trinajstić information content (AvgIpc) is 3.37. The Morgan fingerprint density at radius 2 is 1.84 bits per heavy atom. The Morgan fingerprint density at radius 1 is 1.06 bits per heavy atom. The lowest BCUT2D eigenvalue weighted by atomic mass is 10.2. The molecule has 4 heterocycles. The fraction of sp³-hybridized carbons (Fsp3) is 0.292. The van der Waals surface area contributed by atoms with Crippen LogP contribution in [-0.4, -0.2) is 56.7 Å². The zero-order valence-corrected chi connectivity index (χ0v) is 19.4. The van der Waals surface area contributed by atoms with Gasteiger partial charge in [0.15, 0.2) is 0 Å². The molecule has 1 aliphatic heterocycles. The highest BCUT2D eigenvalue weighted by Gasteiger charge is 2.25. The summed E-state index contributed by atoms with van der Waals surface area (Å²) in [5, 5.41) is 6.45. The molecule has 164 valence electrons. The van der Waals surface area contributed by atoms with Gasteiger partial charge in [0, 0.05) is 49.3 Å². The standard InChI is InChI=1S/C24H24ClN5OS/c1-17-20-14-22(32-24(20)30(27-17)15-18-6-2-3-8-21(18)25)23(31)29-12-10-28(11-13-29)16-19-7-4-5-9-26-19/h2-9,14H,10-13,15-16H2,1H3. The highest BCUT2D eigenvalue weighted by molar-refractivity contribution is 7.20. The van der Waals surface area contributed by atoms with Gasteiger partial charge in [-0.25, -0.2) is 0 Å². The van der Waals surface area contributed by atoms with Crippen LogP contribution in [0.5, 0.6) is 0 Å². The summed E-state index contributed by atoms with van der Waals surface area (Å²) >= 11 is 7.86. The summed E-state index contributed by atoms with van der Waals surface area (Å²) < 4.78 is 1.96. The zero-order valence-electron chi connectivity index (χ0n) is 17.9. The van der Waals surface area contributed by atoms with Crippen molar-refractivity contribution in [1.82, 2.24) is 24.6 Å². The molecule has 32 heavy (non-hydrogen) atoms. The first-order chi connectivity index (χ1) is 15.6. The van der Waals surface area contributed by atoms with Gasteiger partial charge < -0.3 is 4.90 Å². The van der Waals surface area contributed by atoms with Crippen molar-refractivity contribution in [3.05, 3.63) is 81.6 Å². The number of thiophene rings is 1. The summed E-state index contributed by atoms with van der Waals surface area (Å²) in [6.07, 6.45) is 1.82. The highest BCUT2D eigenvalue weighted by Crippen LogP contribution is 2.30. The molecule has 0 spiro atoms. The van der Waals surface area contributed by atoms with Gasteiger partial charge in [-0.2, -0.15) is 5.10 Å². The van der Waals surface area contributed by atoms with Gasteiger partial charge >= 0.3 is 0 Å². The van der Waals surface area contributed by atoms with Crippen LogP contribution in [0.25, 0.3) is 10.2 Å². The summed E-state index contributed by atoms with van der Waals surface area (Å²) in [6, 6.07) is 15.8. The summed E-state index contributed by atoms with van der Waals surface area (Å²) in [5.74, 6) is 0.104. The summed E-state index contributed by atoms with van der Waals surface area (Å²) in [7, 11) is 0. The third kappa shape index (κ3) is 4.28. The number of hydrogen-bond donors (Lipinski definition) is 0. The van der Waals surface area contributed by atoms with Crippen LogP contribution in [-0.2, 0) is 13.1 Å². The molecular weight excluding hydrogens is 442 g/mol. The second kappa shape index (κ2) is 9.02. The minimum atomic E-state index is 0.104. The predicted octanol–water partition coefficient (Wildman–Crippen LogP) is 4.46. The van der Waals surface area contributed by atoms with Crippen molar-refractivity contribution in [3.8, 4) is 0 Å². The lowest BCUT2D eigenvalue weighted by Crippen LogP contribution is -2.48. The Hall–Kier alpha value is -2.74. The number of amides is 1. The number of piperazine rings is 1. The maximum Gasteiger partial charge on any atom is 0.264 e. The molecule has 1 fully saturated rings. The first-order valence-corrected chi connectivity index (χ1v) is 11.9. The molecule has 0 unspecified atom stereocenters. The second-order valence-electron chi connectivity index (χ2n) is 8.05. The molecule has 3 aromatic heterocycles. The summed E-state index contributed by atoms with van der Waals surface area (Å²) in [6.45, 7) is 6.56. The van der Waals surface area contributed by atoms with E-state index in [2.05, 4.69) is 15.0 Å². The third-order valence-corrected chi connectivity index (χ3v) is 7.37. The molecule has 1 aromatic carbocycles. The molecule has 8 heteroatoms. The summed E-state index contributed by atoms with van der Waals surface area (Å²) in [4.78, 5) is 23.7. The normalized spacial score (nSPS) is 14.9. The van der Waals surface area contributed by atoms with Crippen molar-refractivity contribution in [2.24, 2.45) is 0 Å². The third-order valence-electron chi connectivity index (χ3n) is 5.87. The maximum atomic E-state index is 13.2. The van der Waals surface area contributed by atoms with E-state index in [1.165, 1.54) is 11.3 Å². The van der Waals surface area contributed by atoms with E-state index in [1.54, 1.807) is 0 Å². The number of hydrogen-bond acceptors (Lipinski definition) is 5. The molecule has 5 rings (SSSR count). The number of pyridine rings is 1. The van der Waals surface area contributed by atoms with Crippen LogP contribution < -0.4 is 0 Å². The molecule has 0 N–H and O–H groups in total. The van der Waals surface area contributed by atoms with Gasteiger partial charge in [-0.05, 0) is 36.8 Å². The molecule has 4 aromatic rings. The molecule has 0 aliphatic carbocycles. The van der Waals surface area contributed by atoms with E-state index in [9.17, 15) is 4.79 Å². The van der Waals surface area contributed by atoms with E-state index in [4.69, 9.17) is 11.6 Å². The van der Waals surface area contributed by atoms with Gasteiger partial charge in [-0.15, -0.1) is 11.3 Å². The number of carbonyl (C=O) groups is 1. The molecule has 0 saturated carbocycles. The number of halogens is 1. The first-order valence-electron chi connectivity index (χ1n) is 10.7. The monoisotopic (exact) mass is 465 g/mol. The van der Waals surface area contributed by atoms with Crippen molar-refractivity contribution in [2.45, 2.75) is 20.0 Å². The molecule has 1 amide bonds. The Labute approximate surface area is 196 Å². The van der Waals surface area contributed by atoms with E-state index in [0.29, 0.717) is 6.54 Å². The van der Waals surface area contributed by atoms with E-state index >= 15 is 0 Å². The molecule has 0 atom stereocenters. The van der Waals surface area contributed by atoms with Crippen molar-refractivity contribution in [1.29, 1.82) is 0 Å². The van der Waals surface area contributed by atoms with Crippen LogP contribution >= 0.6 is 22.9 Å². The first kappa shape index (κ1) is 21.1. The van der Waals surface area contributed by atoms with Gasteiger partial charge in [0.1, 0.15) is 4.83 Å². The van der Waals surface area contributed by atoms with E-state index in [-0.39, 0.29) is 5.91 Å². The Bertz CT molecular complexity index is 1240. The van der Waals surface area contributed by atoms with E-state index < -0.39 is 0 Å². The molecule has 0 radical (unpaired) electrons. The minimum absolute atomic E-state index is 0.104. The largest absolute Gasteiger partial charge is 0.335 e. The number of rotatable bonds is 5. The minimum Gasteiger partial charge on any atom is -0.335 e. The maximum absolute atomic E-state index is 13.2. The van der Waals surface area contributed by atoms with Gasteiger partial charge in [0.05, 0.1) is 22.8 Å². The molecule has 1 saturated heterocycles. The van der Waals surface area contributed by atoms with Crippen molar-refractivity contribution in [2.75, 3.05) is 26.2 Å². The Kier molecular flexibility index (Phi) is 5.95. The van der Waals surface area contributed by atoms with Crippen LogP contribution in [0.15, 0.2) is 54.7 Å². The predicted molar refractivity (Wildman–Crippen MR) is 128 cm³/mol.